The molecule has 0 radical (unpaired) electrons. The Bertz CT molecular complexity index is 737. The Hall–Kier alpha value is -2.13. The van der Waals surface area contributed by atoms with E-state index >= 15 is 0 Å². The van der Waals surface area contributed by atoms with Crippen molar-refractivity contribution in [2.24, 2.45) is 16.6 Å². The number of nitrogens with zero attached hydrogens (tertiary/aromatic N) is 2. The highest BCUT2D eigenvalue weighted by atomic mass is 32.2. The molecule has 0 bridgehead atoms. The highest BCUT2D eigenvalue weighted by molar-refractivity contribution is 7.89. The number of likely N-dealkylation sites (tertiary alicyclic amines) is 1. The quantitative estimate of drug-likeness (QED) is 0.431. The summed E-state index contributed by atoms with van der Waals surface area (Å²) in [6.07, 6.45) is 2.29. The number of nitrogens with one attached hydrogen (secondary N) is 2. The summed E-state index contributed by atoms with van der Waals surface area (Å²) in [5.74, 6) is 0.533. The van der Waals surface area contributed by atoms with Gasteiger partial charge >= 0.3 is 0 Å². The normalized spacial score (nSPS) is 18.3. The number of carbonyl (C=O) groups excluding carboxylic acids is 1. The van der Waals surface area contributed by atoms with Gasteiger partial charge in [0.05, 0.1) is 5.75 Å². The summed E-state index contributed by atoms with van der Waals surface area (Å²) in [6.45, 7) is 2.06. The number of hydrogen-bond acceptors (Lipinski definition) is 4. The fraction of sp³-hybridized carbons (Fsp3) is 0.556. The lowest BCUT2D eigenvalue weighted by Crippen LogP contribution is -2.48. The van der Waals surface area contributed by atoms with Crippen molar-refractivity contribution in [3.8, 4) is 0 Å². The van der Waals surface area contributed by atoms with Gasteiger partial charge in [0.1, 0.15) is 0 Å². The maximum absolute atomic E-state index is 12.2. The number of aliphatic imine (C=N–C) groups is 1. The van der Waals surface area contributed by atoms with E-state index in [1.807, 2.05) is 30.3 Å². The summed E-state index contributed by atoms with van der Waals surface area (Å²) in [7, 11) is -1.72. The van der Waals surface area contributed by atoms with Gasteiger partial charge in [-0.2, -0.15) is 0 Å². The Morgan fingerprint density at radius 3 is 2.74 bits per heavy atom. The highest BCUT2D eigenvalue weighted by Gasteiger charge is 2.23. The van der Waals surface area contributed by atoms with Crippen LogP contribution in [-0.2, 0) is 21.4 Å². The third-order valence-corrected chi connectivity index (χ3v) is 5.84. The van der Waals surface area contributed by atoms with Crippen LogP contribution in [-0.4, -0.2) is 57.6 Å². The van der Waals surface area contributed by atoms with Gasteiger partial charge < -0.3 is 16.0 Å². The van der Waals surface area contributed by atoms with Crippen LogP contribution in [0.25, 0.3) is 0 Å². The minimum Gasteiger partial charge on any atom is -0.370 e. The predicted molar refractivity (Wildman–Crippen MR) is 107 cm³/mol. The number of nitrogens with two attached hydrogens (primary N) is 1. The largest absolute Gasteiger partial charge is 0.370 e. The molecular formula is C18H29N5O3S. The molecule has 0 aliphatic carbocycles. The second kappa shape index (κ2) is 10.3. The summed E-state index contributed by atoms with van der Waals surface area (Å²) in [5.41, 5.74) is 6.21. The third-order valence-electron chi connectivity index (χ3n) is 4.51. The van der Waals surface area contributed by atoms with Gasteiger partial charge in [-0.15, -0.1) is 0 Å². The van der Waals surface area contributed by atoms with Crippen molar-refractivity contribution in [2.45, 2.75) is 25.8 Å². The van der Waals surface area contributed by atoms with Gasteiger partial charge in [-0.05, 0) is 24.3 Å². The van der Waals surface area contributed by atoms with Crippen LogP contribution >= 0.6 is 0 Å². The molecule has 1 atom stereocenters. The van der Waals surface area contributed by atoms with E-state index < -0.39 is 10.0 Å². The van der Waals surface area contributed by atoms with Gasteiger partial charge in [-0.3, -0.25) is 9.79 Å². The van der Waals surface area contributed by atoms with E-state index in [-0.39, 0.29) is 30.7 Å². The first-order chi connectivity index (χ1) is 12.9. The molecule has 1 fully saturated rings. The Morgan fingerprint density at radius 1 is 1.33 bits per heavy atom. The number of hydrogen-bond donors (Lipinski definition) is 3. The average Bonchev–Trinajstić information content (AvgIpc) is 2.64. The summed E-state index contributed by atoms with van der Waals surface area (Å²) in [4.78, 5) is 17.4. The zero-order valence-corrected chi connectivity index (χ0v) is 16.5. The first kappa shape index (κ1) is 21.2. The summed E-state index contributed by atoms with van der Waals surface area (Å²) >= 11 is 0. The number of sulfonamides is 1. The summed E-state index contributed by atoms with van der Waals surface area (Å²) < 4.78 is 26.9. The van der Waals surface area contributed by atoms with Crippen molar-refractivity contribution in [1.29, 1.82) is 0 Å². The van der Waals surface area contributed by atoms with Crippen LogP contribution in [0.1, 0.15) is 24.8 Å². The molecule has 1 saturated heterocycles. The minimum atomic E-state index is -3.39. The monoisotopic (exact) mass is 395 g/mol. The Labute approximate surface area is 161 Å². The average molecular weight is 396 g/mol. The van der Waals surface area contributed by atoms with Crippen molar-refractivity contribution in [3.63, 3.8) is 0 Å². The standard InChI is InChI=1S/C18H29N5O3S/c1-20-18(23-10-5-8-16(14-23)12-17(19)24)21-9-11-27(25,26)22-13-15-6-3-2-4-7-15/h2-4,6-7,16,22H,5,8-14H2,1H3,(H2,19,24)(H,20,21). The van der Waals surface area contributed by atoms with Crippen LogP contribution in [0, 0.1) is 5.92 Å². The van der Waals surface area contributed by atoms with E-state index in [2.05, 4.69) is 19.9 Å². The Morgan fingerprint density at radius 2 is 2.07 bits per heavy atom. The maximum atomic E-state index is 12.2. The topological polar surface area (TPSA) is 117 Å². The van der Waals surface area contributed by atoms with Gasteiger partial charge in [0.2, 0.25) is 15.9 Å². The molecule has 2 rings (SSSR count). The van der Waals surface area contributed by atoms with Crippen LogP contribution in [0.2, 0.25) is 0 Å². The van der Waals surface area contributed by atoms with E-state index in [9.17, 15) is 13.2 Å². The molecule has 1 aliphatic rings. The van der Waals surface area contributed by atoms with Crippen LogP contribution in [0.15, 0.2) is 35.3 Å². The van der Waals surface area contributed by atoms with Crippen molar-refractivity contribution >= 4 is 21.9 Å². The van der Waals surface area contributed by atoms with Gasteiger partial charge in [-0.25, -0.2) is 13.1 Å². The zero-order chi connectivity index (χ0) is 19.7. The number of rotatable bonds is 8. The van der Waals surface area contributed by atoms with Crippen LogP contribution in [0.4, 0.5) is 0 Å². The van der Waals surface area contributed by atoms with Gasteiger partial charge in [0.25, 0.3) is 0 Å². The van der Waals surface area contributed by atoms with Crippen molar-refractivity contribution in [2.75, 3.05) is 32.4 Å². The van der Waals surface area contributed by atoms with Crippen molar-refractivity contribution < 1.29 is 13.2 Å². The fourth-order valence-electron chi connectivity index (χ4n) is 3.20. The molecule has 27 heavy (non-hydrogen) atoms. The molecule has 8 nitrogen and oxygen atoms in total. The number of benzene rings is 1. The highest BCUT2D eigenvalue weighted by Crippen LogP contribution is 2.19. The van der Waals surface area contributed by atoms with Crippen molar-refractivity contribution in [3.05, 3.63) is 35.9 Å². The molecule has 0 spiro atoms. The molecule has 1 amide bonds. The number of primary amides is 1. The van der Waals surface area contributed by atoms with Gasteiger partial charge in [-0.1, -0.05) is 30.3 Å². The molecule has 0 saturated carbocycles. The molecule has 1 heterocycles. The lowest BCUT2D eigenvalue weighted by atomic mass is 9.95. The fourth-order valence-corrected chi connectivity index (χ4v) is 4.10. The smallest absolute Gasteiger partial charge is 0.217 e. The second-order valence-corrected chi connectivity index (χ2v) is 8.65. The number of amides is 1. The molecule has 1 aromatic rings. The van der Waals surface area contributed by atoms with Crippen LogP contribution < -0.4 is 15.8 Å². The Balaban J connectivity index is 1.78. The van der Waals surface area contributed by atoms with Crippen LogP contribution in [0.3, 0.4) is 0 Å². The first-order valence-corrected chi connectivity index (χ1v) is 10.8. The van der Waals surface area contributed by atoms with Gasteiger partial charge in [0, 0.05) is 39.6 Å². The molecule has 1 aliphatic heterocycles. The van der Waals surface area contributed by atoms with E-state index in [0.717, 1.165) is 24.9 Å². The maximum Gasteiger partial charge on any atom is 0.217 e. The van der Waals surface area contributed by atoms with E-state index in [4.69, 9.17) is 5.73 Å². The summed E-state index contributed by atoms with van der Waals surface area (Å²) in [5, 5.41) is 3.11. The Kier molecular flexibility index (Phi) is 8.05. The number of piperidine rings is 1. The number of guanidine groups is 1. The molecule has 4 N–H and O–H groups in total. The second-order valence-electron chi connectivity index (χ2n) is 6.72. The van der Waals surface area contributed by atoms with E-state index in [0.29, 0.717) is 18.9 Å². The molecule has 9 heteroatoms. The molecule has 1 aromatic carbocycles. The zero-order valence-electron chi connectivity index (χ0n) is 15.7. The molecular weight excluding hydrogens is 366 g/mol. The molecule has 0 aromatic heterocycles. The van der Waals surface area contributed by atoms with Crippen molar-refractivity contribution in [1.82, 2.24) is 14.9 Å². The van der Waals surface area contributed by atoms with Gasteiger partial charge in [0.15, 0.2) is 5.96 Å². The lowest BCUT2D eigenvalue weighted by Gasteiger charge is -2.34. The first-order valence-electron chi connectivity index (χ1n) is 9.15. The van der Waals surface area contributed by atoms with E-state index in [1.165, 1.54) is 0 Å². The minimum absolute atomic E-state index is 0.0442. The summed E-state index contributed by atoms with van der Waals surface area (Å²) in [6, 6.07) is 9.39. The molecule has 150 valence electrons. The van der Waals surface area contributed by atoms with Crippen LogP contribution in [0.5, 0.6) is 0 Å². The van der Waals surface area contributed by atoms with E-state index in [1.54, 1.807) is 7.05 Å². The third kappa shape index (κ3) is 7.56. The molecule has 1 unspecified atom stereocenters. The predicted octanol–water partition coefficient (Wildman–Crippen LogP) is 0.269. The SMILES string of the molecule is CN=C(NCCS(=O)(=O)NCc1ccccc1)N1CCCC(CC(N)=O)C1. The lowest BCUT2D eigenvalue weighted by molar-refractivity contribution is -0.119. The number of carbonyl (C=O) groups is 1.